The average molecular weight is 531 g/mol. The molecule has 7 rings (SSSR count). The van der Waals surface area contributed by atoms with E-state index in [0.29, 0.717) is 11.7 Å². The number of benzene rings is 1. The molecule has 200 valence electrons. The van der Waals surface area contributed by atoms with Crippen molar-refractivity contribution in [1.82, 2.24) is 45.0 Å². The molecule has 1 aliphatic rings. The van der Waals surface area contributed by atoms with Crippen molar-refractivity contribution < 1.29 is 0 Å². The van der Waals surface area contributed by atoms with Crippen molar-refractivity contribution in [2.24, 2.45) is 5.92 Å². The maximum absolute atomic E-state index is 4.94. The lowest BCUT2D eigenvalue weighted by molar-refractivity contribution is 0.373. The third-order valence-electron chi connectivity index (χ3n) is 7.50. The third-order valence-corrected chi connectivity index (χ3v) is 7.50. The smallest absolute Gasteiger partial charge is 0.159 e. The normalized spacial score (nSPS) is 14.2. The Morgan fingerprint density at radius 3 is 2.85 bits per heavy atom. The monoisotopic (exact) mass is 530 g/mol. The van der Waals surface area contributed by atoms with Crippen molar-refractivity contribution in [3.63, 3.8) is 0 Å². The van der Waals surface area contributed by atoms with Gasteiger partial charge in [-0.05, 0) is 69.5 Å². The molecule has 1 fully saturated rings. The first-order valence-corrected chi connectivity index (χ1v) is 13.6. The predicted molar refractivity (Wildman–Crippen MR) is 157 cm³/mol. The van der Waals surface area contributed by atoms with Gasteiger partial charge in [-0.1, -0.05) is 12.6 Å². The van der Waals surface area contributed by atoms with Gasteiger partial charge in [0.1, 0.15) is 11.2 Å². The van der Waals surface area contributed by atoms with E-state index < -0.39 is 0 Å². The van der Waals surface area contributed by atoms with E-state index in [9.17, 15) is 0 Å². The van der Waals surface area contributed by atoms with Crippen molar-refractivity contribution in [3.05, 3.63) is 79.4 Å². The van der Waals surface area contributed by atoms with Crippen LogP contribution in [0.5, 0.6) is 0 Å². The summed E-state index contributed by atoms with van der Waals surface area (Å²) < 4.78 is 1.99. The number of H-pyrrole nitrogens is 2. The molecule has 4 N–H and O–H groups in total. The van der Waals surface area contributed by atoms with Gasteiger partial charge in [-0.3, -0.25) is 15.1 Å². The number of aromatic amines is 2. The molecule has 0 saturated carbocycles. The van der Waals surface area contributed by atoms with E-state index in [2.05, 4.69) is 53.4 Å². The van der Waals surface area contributed by atoms with Crippen LogP contribution in [0.1, 0.15) is 25.0 Å². The molecule has 0 radical (unpaired) electrons. The minimum absolute atomic E-state index is 0.666. The van der Waals surface area contributed by atoms with E-state index in [-0.39, 0.29) is 0 Å². The van der Waals surface area contributed by atoms with E-state index >= 15 is 0 Å². The first-order chi connectivity index (χ1) is 19.6. The summed E-state index contributed by atoms with van der Waals surface area (Å²) in [7, 11) is 0. The lowest BCUT2D eigenvalue weighted by Gasteiger charge is -2.23. The number of anilines is 1. The summed E-state index contributed by atoms with van der Waals surface area (Å²) in [4.78, 5) is 21.9. The van der Waals surface area contributed by atoms with Crippen molar-refractivity contribution in [3.8, 4) is 28.5 Å². The zero-order valence-corrected chi connectivity index (χ0v) is 22.3. The van der Waals surface area contributed by atoms with Crippen LogP contribution in [0.15, 0.2) is 73.7 Å². The molecule has 1 aromatic carbocycles. The van der Waals surface area contributed by atoms with E-state index in [4.69, 9.17) is 4.98 Å². The standard InChI is InChI=1S/C30H30N10/c1-18(10-20-6-8-31-9-7-20)35-22-11-21(13-32-14-22)25-12-23-26(15-33-25)38-39-28(23)30-36-24-4-3-5-27(29(24)37-30)40-16-19(2)34-17-40/h3-5,11-17,20,31,35H,1,6-10H2,2H3,(H,36,37)(H,38,39). The van der Waals surface area contributed by atoms with Gasteiger partial charge in [0.05, 0.1) is 52.5 Å². The highest BCUT2D eigenvalue weighted by atomic mass is 15.1. The van der Waals surface area contributed by atoms with Crippen LogP contribution in [0, 0.1) is 12.8 Å². The molecule has 5 aromatic heterocycles. The zero-order chi connectivity index (χ0) is 27.1. The molecule has 0 unspecified atom stereocenters. The Balaban J connectivity index is 1.19. The first-order valence-electron chi connectivity index (χ1n) is 13.6. The van der Waals surface area contributed by atoms with Crippen molar-refractivity contribution >= 4 is 27.6 Å². The Labute approximate surface area is 231 Å². The first kappa shape index (κ1) is 24.2. The number of nitrogens with zero attached hydrogens (tertiary/aromatic N) is 6. The summed E-state index contributed by atoms with van der Waals surface area (Å²) in [6.07, 6.45) is 12.6. The van der Waals surface area contributed by atoms with Gasteiger partial charge in [0.25, 0.3) is 0 Å². The van der Waals surface area contributed by atoms with Crippen LogP contribution in [0.4, 0.5) is 5.69 Å². The Morgan fingerprint density at radius 1 is 1.10 bits per heavy atom. The van der Waals surface area contributed by atoms with Gasteiger partial charge < -0.3 is 20.2 Å². The number of nitrogens with one attached hydrogen (secondary N) is 4. The topological polar surface area (TPSA) is 125 Å². The van der Waals surface area contributed by atoms with Crippen molar-refractivity contribution in [2.75, 3.05) is 18.4 Å². The van der Waals surface area contributed by atoms with Crippen LogP contribution < -0.4 is 10.6 Å². The van der Waals surface area contributed by atoms with Gasteiger partial charge >= 0.3 is 0 Å². The maximum Gasteiger partial charge on any atom is 0.159 e. The molecule has 6 aromatic rings. The number of pyridine rings is 2. The molecule has 0 aliphatic carbocycles. The lowest BCUT2D eigenvalue weighted by atomic mass is 9.93. The highest BCUT2D eigenvalue weighted by Crippen LogP contribution is 2.31. The summed E-state index contributed by atoms with van der Waals surface area (Å²) in [6.45, 7) is 8.40. The highest BCUT2D eigenvalue weighted by molar-refractivity contribution is 5.95. The highest BCUT2D eigenvalue weighted by Gasteiger charge is 2.17. The Bertz CT molecular complexity index is 1840. The summed E-state index contributed by atoms with van der Waals surface area (Å²) in [6, 6.07) is 10.2. The summed E-state index contributed by atoms with van der Waals surface area (Å²) in [5, 5.41) is 15.5. The second kappa shape index (κ2) is 10.0. The zero-order valence-electron chi connectivity index (χ0n) is 22.3. The fourth-order valence-corrected chi connectivity index (χ4v) is 5.48. The number of rotatable bonds is 7. The minimum atomic E-state index is 0.666. The SMILES string of the molecule is C=C(CC1CCNCC1)Nc1cncc(-c2cc3c(-c4nc5c(-n6cnc(C)c6)cccc5[nH]4)n[nH]c3cn2)c1. The Hall–Kier alpha value is -4.83. The Morgan fingerprint density at radius 2 is 2.00 bits per heavy atom. The summed E-state index contributed by atoms with van der Waals surface area (Å²) in [5.41, 5.74) is 8.90. The van der Waals surface area contributed by atoms with Gasteiger partial charge in [-0.15, -0.1) is 0 Å². The quantitative estimate of drug-likeness (QED) is 0.219. The summed E-state index contributed by atoms with van der Waals surface area (Å²) in [5.74, 6) is 1.35. The Kier molecular flexibility index (Phi) is 6.09. The van der Waals surface area contributed by atoms with Crippen LogP contribution in [0.3, 0.4) is 0 Å². The maximum atomic E-state index is 4.94. The number of para-hydroxylation sites is 1. The molecule has 6 heterocycles. The van der Waals surface area contributed by atoms with E-state index in [1.807, 2.05) is 54.3 Å². The number of allylic oxidation sites excluding steroid dienone is 1. The lowest BCUT2D eigenvalue weighted by Crippen LogP contribution is -2.28. The molecule has 10 nitrogen and oxygen atoms in total. The van der Waals surface area contributed by atoms with Gasteiger partial charge in [0, 0.05) is 29.0 Å². The second-order valence-corrected chi connectivity index (χ2v) is 10.5. The molecule has 0 spiro atoms. The van der Waals surface area contributed by atoms with E-state index in [0.717, 1.165) is 81.2 Å². The number of aryl methyl sites for hydroxylation is 1. The number of imidazole rings is 2. The van der Waals surface area contributed by atoms with Crippen molar-refractivity contribution in [2.45, 2.75) is 26.2 Å². The minimum Gasteiger partial charge on any atom is -0.358 e. The van der Waals surface area contributed by atoms with Gasteiger partial charge in [-0.25, -0.2) is 9.97 Å². The number of hydrogen-bond acceptors (Lipinski definition) is 7. The van der Waals surface area contributed by atoms with Crippen LogP contribution in [-0.4, -0.2) is 52.8 Å². The van der Waals surface area contributed by atoms with Crippen LogP contribution in [0.25, 0.3) is 50.4 Å². The van der Waals surface area contributed by atoms with Gasteiger partial charge in [0.15, 0.2) is 5.82 Å². The second-order valence-electron chi connectivity index (χ2n) is 10.5. The van der Waals surface area contributed by atoms with E-state index in [1.54, 1.807) is 12.5 Å². The molecule has 1 saturated heterocycles. The summed E-state index contributed by atoms with van der Waals surface area (Å²) >= 11 is 0. The fraction of sp³-hybridized carbons (Fsp3) is 0.233. The average Bonchev–Trinajstić information content (AvgIpc) is 3.71. The van der Waals surface area contributed by atoms with Crippen LogP contribution in [0.2, 0.25) is 0 Å². The molecule has 40 heavy (non-hydrogen) atoms. The largest absolute Gasteiger partial charge is 0.358 e. The fourth-order valence-electron chi connectivity index (χ4n) is 5.48. The molecule has 10 heteroatoms. The molecule has 1 aliphatic heterocycles. The number of fused-ring (bicyclic) bond motifs is 2. The molecular formula is C30H30N10. The van der Waals surface area contributed by atoms with Gasteiger partial charge in [-0.2, -0.15) is 5.10 Å². The van der Waals surface area contributed by atoms with Gasteiger partial charge in [0.2, 0.25) is 0 Å². The predicted octanol–water partition coefficient (Wildman–Crippen LogP) is 5.37. The number of hydrogen-bond donors (Lipinski definition) is 4. The van der Waals surface area contributed by atoms with Crippen LogP contribution >= 0.6 is 0 Å². The molecule has 0 atom stereocenters. The molecule has 0 amide bonds. The number of piperidine rings is 1. The van der Waals surface area contributed by atoms with E-state index in [1.165, 1.54) is 12.8 Å². The molecular weight excluding hydrogens is 500 g/mol. The van der Waals surface area contributed by atoms with Crippen LogP contribution in [-0.2, 0) is 0 Å². The third kappa shape index (κ3) is 4.62. The number of aromatic nitrogens is 8. The van der Waals surface area contributed by atoms with Crippen molar-refractivity contribution in [1.29, 1.82) is 0 Å². The molecule has 0 bridgehead atoms.